The summed E-state index contributed by atoms with van der Waals surface area (Å²) in [5, 5.41) is 22.3. The summed E-state index contributed by atoms with van der Waals surface area (Å²) in [4.78, 5) is 0. The first-order valence-corrected chi connectivity index (χ1v) is 8.32. The molecule has 0 fully saturated rings. The molecule has 3 heteroatoms. The van der Waals surface area contributed by atoms with Crippen LogP contribution in [0.1, 0.15) is 90.9 Å². The number of rotatable bonds is 14. The first-order valence-electron chi connectivity index (χ1n) is 8.32. The lowest BCUT2D eigenvalue weighted by molar-refractivity contribution is 0.0311. The standard InChI is InChI=1S/C16H35NO2/c1-3-5-7-8-9-10-12-14-16(19)17-15(18)13-11-6-4-2/h15-19H,3-14H2,1-2H3. The summed E-state index contributed by atoms with van der Waals surface area (Å²) in [6, 6.07) is 0. The van der Waals surface area contributed by atoms with Crippen molar-refractivity contribution in [3.8, 4) is 0 Å². The minimum atomic E-state index is -0.550. The Bertz CT molecular complexity index is 176. The molecule has 0 aliphatic rings. The van der Waals surface area contributed by atoms with E-state index in [0.717, 1.165) is 38.5 Å². The summed E-state index contributed by atoms with van der Waals surface area (Å²) >= 11 is 0. The highest BCUT2D eigenvalue weighted by atomic mass is 16.3. The minimum Gasteiger partial charge on any atom is -0.379 e. The van der Waals surface area contributed by atoms with Gasteiger partial charge in [0.1, 0.15) is 12.5 Å². The van der Waals surface area contributed by atoms with Gasteiger partial charge in [-0.1, -0.05) is 65.2 Å². The molecule has 0 radical (unpaired) electrons. The molecule has 0 aromatic rings. The van der Waals surface area contributed by atoms with Gasteiger partial charge in [-0.2, -0.15) is 0 Å². The van der Waals surface area contributed by atoms with Crippen LogP contribution in [0.15, 0.2) is 0 Å². The van der Waals surface area contributed by atoms with E-state index in [1.54, 1.807) is 0 Å². The van der Waals surface area contributed by atoms with Crippen LogP contribution in [0.4, 0.5) is 0 Å². The van der Waals surface area contributed by atoms with E-state index in [9.17, 15) is 10.2 Å². The maximum Gasteiger partial charge on any atom is 0.106 e. The van der Waals surface area contributed by atoms with Crippen LogP contribution in [-0.2, 0) is 0 Å². The third-order valence-corrected chi connectivity index (χ3v) is 3.55. The summed E-state index contributed by atoms with van der Waals surface area (Å²) in [5.74, 6) is 0. The van der Waals surface area contributed by atoms with Gasteiger partial charge < -0.3 is 10.2 Å². The topological polar surface area (TPSA) is 52.5 Å². The van der Waals surface area contributed by atoms with Crippen LogP contribution in [0.25, 0.3) is 0 Å². The molecule has 0 aromatic heterocycles. The lowest BCUT2D eigenvalue weighted by Crippen LogP contribution is -2.38. The molecule has 0 saturated heterocycles. The number of hydrogen-bond donors (Lipinski definition) is 3. The number of unbranched alkanes of at least 4 members (excludes halogenated alkanes) is 8. The maximum absolute atomic E-state index is 9.75. The van der Waals surface area contributed by atoms with Crippen LogP contribution >= 0.6 is 0 Å². The van der Waals surface area contributed by atoms with E-state index in [1.807, 2.05) is 0 Å². The lowest BCUT2D eigenvalue weighted by atomic mass is 10.1. The Kier molecular flexibility index (Phi) is 14.2. The predicted molar refractivity (Wildman–Crippen MR) is 81.9 cm³/mol. The second-order valence-corrected chi connectivity index (χ2v) is 5.60. The Morgan fingerprint density at radius 3 is 1.53 bits per heavy atom. The summed E-state index contributed by atoms with van der Waals surface area (Å²) in [6.45, 7) is 4.38. The largest absolute Gasteiger partial charge is 0.379 e. The van der Waals surface area contributed by atoms with Crippen LogP contribution < -0.4 is 5.32 Å². The normalized spacial score (nSPS) is 14.5. The molecule has 0 bridgehead atoms. The lowest BCUT2D eigenvalue weighted by Gasteiger charge is -2.18. The Morgan fingerprint density at radius 2 is 1.00 bits per heavy atom. The summed E-state index contributed by atoms with van der Waals surface area (Å²) in [7, 11) is 0. The van der Waals surface area contributed by atoms with E-state index in [2.05, 4.69) is 19.2 Å². The molecule has 2 atom stereocenters. The van der Waals surface area contributed by atoms with Crippen molar-refractivity contribution < 1.29 is 10.2 Å². The molecule has 0 rings (SSSR count). The van der Waals surface area contributed by atoms with E-state index >= 15 is 0 Å². The van der Waals surface area contributed by atoms with Crippen LogP contribution in [0.5, 0.6) is 0 Å². The molecule has 0 spiro atoms. The fourth-order valence-electron chi connectivity index (χ4n) is 2.27. The predicted octanol–water partition coefficient (Wildman–Crippen LogP) is 3.93. The zero-order chi connectivity index (χ0) is 14.3. The van der Waals surface area contributed by atoms with E-state index in [4.69, 9.17) is 0 Å². The minimum absolute atomic E-state index is 0.549. The Hall–Kier alpha value is -0.120. The molecule has 3 N–H and O–H groups in total. The fourth-order valence-corrected chi connectivity index (χ4v) is 2.27. The average Bonchev–Trinajstić information content (AvgIpc) is 2.38. The number of aliphatic hydroxyl groups is 2. The van der Waals surface area contributed by atoms with Crippen molar-refractivity contribution in [1.82, 2.24) is 5.32 Å². The number of nitrogens with one attached hydrogen (secondary N) is 1. The van der Waals surface area contributed by atoms with E-state index in [1.165, 1.54) is 38.5 Å². The van der Waals surface area contributed by atoms with E-state index < -0.39 is 12.5 Å². The van der Waals surface area contributed by atoms with Gasteiger partial charge in [-0.25, -0.2) is 0 Å². The third-order valence-electron chi connectivity index (χ3n) is 3.55. The molecule has 0 aromatic carbocycles. The highest BCUT2D eigenvalue weighted by molar-refractivity contribution is 4.59. The van der Waals surface area contributed by atoms with Gasteiger partial charge in [0.25, 0.3) is 0 Å². The van der Waals surface area contributed by atoms with Gasteiger partial charge in [0, 0.05) is 0 Å². The first-order chi connectivity index (χ1) is 9.20. The highest BCUT2D eigenvalue weighted by Crippen LogP contribution is 2.09. The maximum atomic E-state index is 9.75. The Balaban J connectivity index is 3.30. The van der Waals surface area contributed by atoms with Gasteiger partial charge in [-0.05, 0) is 25.7 Å². The monoisotopic (exact) mass is 273 g/mol. The van der Waals surface area contributed by atoms with Gasteiger partial charge in [-0.15, -0.1) is 0 Å². The molecule has 0 aliphatic carbocycles. The zero-order valence-corrected chi connectivity index (χ0v) is 13.0. The molecule has 2 unspecified atom stereocenters. The summed E-state index contributed by atoms with van der Waals surface area (Å²) in [6.07, 6.45) is 12.5. The molecule has 19 heavy (non-hydrogen) atoms. The van der Waals surface area contributed by atoms with Crippen molar-refractivity contribution in [2.24, 2.45) is 0 Å². The molecule has 0 saturated carbocycles. The van der Waals surface area contributed by atoms with Crippen molar-refractivity contribution in [2.75, 3.05) is 0 Å². The molecule has 0 amide bonds. The Morgan fingerprint density at radius 1 is 0.632 bits per heavy atom. The smallest absolute Gasteiger partial charge is 0.106 e. The van der Waals surface area contributed by atoms with Gasteiger partial charge >= 0.3 is 0 Å². The molecular weight excluding hydrogens is 238 g/mol. The van der Waals surface area contributed by atoms with E-state index in [0.29, 0.717) is 0 Å². The van der Waals surface area contributed by atoms with Crippen molar-refractivity contribution in [3.63, 3.8) is 0 Å². The van der Waals surface area contributed by atoms with Crippen molar-refractivity contribution in [1.29, 1.82) is 0 Å². The van der Waals surface area contributed by atoms with Gasteiger partial charge in [-0.3, -0.25) is 5.32 Å². The van der Waals surface area contributed by atoms with Crippen molar-refractivity contribution >= 4 is 0 Å². The van der Waals surface area contributed by atoms with Gasteiger partial charge in [0.05, 0.1) is 0 Å². The summed E-state index contributed by atoms with van der Waals surface area (Å²) < 4.78 is 0. The van der Waals surface area contributed by atoms with Crippen LogP contribution in [0.3, 0.4) is 0 Å². The SMILES string of the molecule is CCCCCCCCCC(O)NC(O)CCCCC. The molecular formula is C16H35NO2. The van der Waals surface area contributed by atoms with Gasteiger partial charge in [0.15, 0.2) is 0 Å². The Labute approximate surface area is 119 Å². The van der Waals surface area contributed by atoms with Crippen molar-refractivity contribution in [3.05, 3.63) is 0 Å². The van der Waals surface area contributed by atoms with Crippen molar-refractivity contribution in [2.45, 2.75) is 103 Å². The zero-order valence-electron chi connectivity index (χ0n) is 13.0. The molecule has 0 heterocycles. The highest BCUT2D eigenvalue weighted by Gasteiger charge is 2.09. The second-order valence-electron chi connectivity index (χ2n) is 5.60. The third kappa shape index (κ3) is 14.1. The van der Waals surface area contributed by atoms with Crippen LogP contribution in [0, 0.1) is 0 Å². The van der Waals surface area contributed by atoms with Crippen LogP contribution in [0.2, 0.25) is 0 Å². The van der Waals surface area contributed by atoms with Crippen LogP contribution in [-0.4, -0.2) is 22.7 Å². The van der Waals surface area contributed by atoms with Gasteiger partial charge in [0.2, 0.25) is 0 Å². The quantitative estimate of drug-likeness (QED) is 0.332. The molecule has 0 aliphatic heterocycles. The average molecular weight is 273 g/mol. The molecule has 116 valence electrons. The number of aliphatic hydroxyl groups excluding tert-OH is 2. The fraction of sp³-hybridized carbons (Fsp3) is 1.00. The summed E-state index contributed by atoms with van der Waals surface area (Å²) in [5.41, 5.74) is 0. The first kappa shape index (κ1) is 18.9. The second kappa shape index (κ2) is 14.3. The van der Waals surface area contributed by atoms with E-state index in [-0.39, 0.29) is 0 Å². The number of hydrogen-bond acceptors (Lipinski definition) is 3. The molecule has 3 nitrogen and oxygen atoms in total.